The Morgan fingerprint density at radius 1 is 1.03 bits per heavy atom. The number of rotatable bonds is 6. The van der Waals surface area contributed by atoms with Crippen molar-refractivity contribution in [2.24, 2.45) is 17.6 Å². The molecule has 0 radical (unpaired) electrons. The van der Waals surface area contributed by atoms with E-state index in [-0.39, 0.29) is 42.2 Å². The van der Waals surface area contributed by atoms with Crippen molar-refractivity contribution in [2.75, 3.05) is 19.7 Å². The molecule has 3 heterocycles. The molecule has 5 aliphatic rings. The first-order valence-electron chi connectivity index (χ1n) is 13.2. The maximum absolute atomic E-state index is 14.5. The van der Waals surface area contributed by atoms with E-state index >= 15 is 0 Å². The van der Waals surface area contributed by atoms with Crippen LogP contribution in [0, 0.1) is 11.8 Å². The van der Waals surface area contributed by atoms with Gasteiger partial charge >= 0.3 is 0 Å². The average Bonchev–Trinajstić information content (AvgIpc) is 3.41. The molecule has 32 heavy (non-hydrogen) atoms. The van der Waals surface area contributed by atoms with E-state index in [0.29, 0.717) is 25.0 Å². The molecule has 9 atom stereocenters. The molecule has 7 nitrogen and oxygen atoms in total. The van der Waals surface area contributed by atoms with E-state index in [1.54, 1.807) is 0 Å². The zero-order chi connectivity index (χ0) is 22.1. The maximum Gasteiger partial charge on any atom is 0.227 e. The van der Waals surface area contributed by atoms with Gasteiger partial charge in [-0.25, -0.2) is 4.39 Å². The topological polar surface area (TPSA) is 91.7 Å². The number of fused-ring (bicyclic) bond motifs is 2. The number of halogens is 1. The quantitative estimate of drug-likeness (QED) is 0.491. The number of hydrogen-bond donors (Lipinski definition) is 4. The fourth-order valence-corrected chi connectivity index (χ4v) is 6.94. The SMILES string of the molecule is NC1C(C(=O)NCC2CCCO2)C2NC3CCCCC3NC2N1CCC1CCCCC1F. The van der Waals surface area contributed by atoms with Crippen LogP contribution in [0.2, 0.25) is 0 Å². The van der Waals surface area contributed by atoms with E-state index in [0.717, 1.165) is 64.5 Å². The number of piperazine rings is 1. The van der Waals surface area contributed by atoms with Crippen LogP contribution in [0.25, 0.3) is 0 Å². The van der Waals surface area contributed by atoms with E-state index in [2.05, 4.69) is 20.9 Å². The summed E-state index contributed by atoms with van der Waals surface area (Å²) in [6.45, 7) is 2.09. The fourth-order valence-electron chi connectivity index (χ4n) is 6.94. The highest BCUT2D eigenvalue weighted by molar-refractivity contribution is 5.80. The lowest BCUT2D eigenvalue weighted by Gasteiger charge is -2.46. The molecule has 1 amide bonds. The second kappa shape index (κ2) is 10.2. The second-order valence-corrected chi connectivity index (χ2v) is 10.8. The molecule has 2 saturated carbocycles. The minimum atomic E-state index is -0.691. The van der Waals surface area contributed by atoms with Gasteiger partial charge in [-0.05, 0) is 50.9 Å². The number of alkyl halides is 1. The van der Waals surface area contributed by atoms with Crippen molar-refractivity contribution in [3.05, 3.63) is 0 Å². The summed E-state index contributed by atoms with van der Waals surface area (Å²) in [5, 5.41) is 10.8. The summed E-state index contributed by atoms with van der Waals surface area (Å²) < 4.78 is 20.2. The predicted molar refractivity (Wildman–Crippen MR) is 122 cm³/mol. The van der Waals surface area contributed by atoms with Crippen molar-refractivity contribution in [1.29, 1.82) is 0 Å². The number of carbonyl (C=O) groups is 1. The Morgan fingerprint density at radius 3 is 2.53 bits per heavy atom. The molecule has 182 valence electrons. The number of nitrogens with two attached hydrogens (primary N) is 1. The highest BCUT2D eigenvalue weighted by Gasteiger charge is 2.54. The molecule has 0 aromatic carbocycles. The van der Waals surface area contributed by atoms with Crippen molar-refractivity contribution in [3.63, 3.8) is 0 Å². The Bertz CT molecular complexity index is 648. The summed E-state index contributed by atoms with van der Waals surface area (Å²) in [6.07, 6.45) is 10.6. The van der Waals surface area contributed by atoms with E-state index in [4.69, 9.17) is 10.5 Å². The fraction of sp³-hybridized carbons (Fsp3) is 0.958. The number of nitrogens with zero attached hydrogens (tertiary/aromatic N) is 1. The standard InChI is InChI=1S/C24H42FN5O2/c25-17-8-2-1-6-15(17)11-12-30-22(26)20(24(31)27-14-16-7-5-13-32-16)21-23(30)29-19-10-4-3-9-18(19)28-21/h15-23,28-29H,1-14,26H2,(H,27,31). The Balaban J connectivity index is 1.28. The van der Waals surface area contributed by atoms with Crippen molar-refractivity contribution in [3.8, 4) is 0 Å². The summed E-state index contributed by atoms with van der Waals surface area (Å²) in [5.74, 6) is -0.167. The smallest absolute Gasteiger partial charge is 0.227 e. The van der Waals surface area contributed by atoms with E-state index < -0.39 is 6.17 Å². The van der Waals surface area contributed by atoms with Crippen LogP contribution in [0.3, 0.4) is 0 Å². The number of amides is 1. The molecule has 3 aliphatic heterocycles. The first-order valence-corrected chi connectivity index (χ1v) is 13.2. The highest BCUT2D eigenvalue weighted by Crippen LogP contribution is 2.36. The molecule has 8 heteroatoms. The minimum Gasteiger partial charge on any atom is -0.376 e. The van der Waals surface area contributed by atoms with Gasteiger partial charge in [0, 0.05) is 31.8 Å². The van der Waals surface area contributed by atoms with Gasteiger partial charge in [0.25, 0.3) is 0 Å². The normalized spacial score (nSPS) is 44.8. The van der Waals surface area contributed by atoms with Gasteiger partial charge in [-0.1, -0.05) is 25.7 Å². The lowest BCUT2D eigenvalue weighted by atomic mass is 9.84. The van der Waals surface area contributed by atoms with E-state index in [9.17, 15) is 9.18 Å². The molecular formula is C24H42FN5O2. The summed E-state index contributed by atoms with van der Waals surface area (Å²) >= 11 is 0. The third-order valence-electron chi connectivity index (χ3n) is 8.80. The molecule has 0 spiro atoms. The first kappa shape index (κ1) is 23.0. The highest BCUT2D eigenvalue weighted by atomic mass is 19.1. The van der Waals surface area contributed by atoms with Gasteiger partial charge in [0.05, 0.1) is 30.4 Å². The van der Waals surface area contributed by atoms with Crippen LogP contribution >= 0.6 is 0 Å². The van der Waals surface area contributed by atoms with Gasteiger partial charge in [-0.2, -0.15) is 0 Å². The van der Waals surface area contributed by atoms with Crippen molar-refractivity contribution < 1.29 is 13.9 Å². The number of hydrogen-bond acceptors (Lipinski definition) is 6. The zero-order valence-electron chi connectivity index (χ0n) is 19.3. The van der Waals surface area contributed by atoms with Crippen LogP contribution in [-0.4, -0.2) is 73.2 Å². The molecule has 0 aromatic rings. The lowest BCUT2D eigenvalue weighted by molar-refractivity contribution is -0.127. The van der Waals surface area contributed by atoms with Crippen LogP contribution in [0.5, 0.6) is 0 Å². The first-order chi connectivity index (χ1) is 15.6. The zero-order valence-corrected chi connectivity index (χ0v) is 19.3. The van der Waals surface area contributed by atoms with Gasteiger partial charge in [-0.3, -0.25) is 15.0 Å². The third kappa shape index (κ3) is 4.71. The number of carbonyl (C=O) groups excluding carboxylic acids is 1. The lowest BCUT2D eigenvalue weighted by Crippen LogP contribution is -2.69. The Hall–Kier alpha value is -0.800. The monoisotopic (exact) mass is 451 g/mol. The molecule has 0 aromatic heterocycles. The Kier molecular flexibility index (Phi) is 7.33. The molecular weight excluding hydrogens is 409 g/mol. The van der Waals surface area contributed by atoms with Crippen molar-refractivity contribution in [2.45, 2.75) is 113 Å². The number of nitrogens with one attached hydrogen (secondary N) is 3. The maximum atomic E-state index is 14.5. The molecule has 9 unspecified atom stereocenters. The molecule has 5 rings (SSSR count). The summed E-state index contributed by atoms with van der Waals surface area (Å²) in [7, 11) is 0. The summed E-state index contributed by atoms with van der Waals surface area (Å²) in [5.41, 5.74) is 6.77. The van der Waals surface area contributed by atoms with Gasteiger partial charge in [0.1, 0.15) is 6.17 Å². The Labute approximate surface area is 191 Å². The molecule has 5 fully saturated rings. The Morgan fingerprint density at radius 2 is 1.78 bits per heavy atom. The second-order valence-electron chi connectivity index (χ2n) is 10.8. The van der Waals surface area contributed by atoms with Gasteiger partial charge < -0.3 is 21.1 Å². The summed E-state index contributed by atoms with van der Waals surface area (Å²) in [4.78, 5) is 15.6. The van der Waals surface area contributed by atoms with Gasteiger partial charge in [-0.15, -0.1) is 0 Å². The van der Waals surface area contributed by atoms with Crippen LogP contribution < -0.4 is 21.7 Å². The summed E-state index contributed by atoms with van der Waals surface area (Å²) in [6, 6.07) is 0.817. The predicted octanol–water partition coefficient (Wildman–Crippen LogP) is 1.62. The minimum absolute atomic E-state index is 0.0126. The van der Waals surface area contributed by atoms with Crippen LogP contribution in [0.1, 0.15) is 70.6 Å². The molecule has 0 bridgehead atoms. The van der Waals surface area contributed by atoms with Crippen LogP contribution in [-0.2, 0) is 9.53 Å². The van der Waals surface area contributed by atoms with Gasteiger partial charge in [0.2, 0.25) is 5.91 Å². The third-order valence-corrected chi connectivity index (χ3v) is 8.80. The molecule has 3 saturated heterocycles. The average molecular weight is 452 g/mol. The number of likely N-dealkylation sites (tertiary alicyclic amines) is 1. The van der Waals surface area contributed by atoms with Gasteiger partial charge in [0.15, 0.2) is 0 Å². The van der Waals surface area contributed by atoms with Crippen molar-refractivity contribution in [1.82, 2.24) is 20.9 Å². The van der Waals surface area contributed by atoms with Crippen molar-refractivity contribution >= 4 is 5.91 Å². The van der Waals surface area contributed by atoms with E-state index in [1.807, 2.05) is 0 Å². The molecule has 5 N–H and O–H groups in total. The van der Waals surface area contributed by atoms with E-state index in [1.165, 1.54) is 12.8 Å². The van der Waals surface area contributed by atoms with Crippen LogP contribution in [0.15, 0.2) is 0 Å². The number of ether oxygens (including phenoxy) is 1. The largest absolute Gasteiger partial charge is 0.376 e. The van der Waals surface area contributed by atoms with Crippen LogP contribution in [0.4, 0.5) is 4.39 Å². The molecule has 2 aliphatic carbocycles.